The van der Waals surface area contributed by atoms with Crippen LogP contribution in [0.2, 0.25) is 0 Å². The fourth-order valence-corrected chi connectivity index (χ4v) is 5.27. The van der Waals surface area contributed by atoms with Crippen molar-refractivity contribution in [2.45, 2.75) is 64.5 Å². The van der Waals surface area contributed by atoms with Gasteiger partial charge in [-0.3, -0.25) is 13.3 Å². The molecule has 2 aliphatic rings. The Morgan fingerprint density at radius 3 is 2.26 bits per heavy atom. The van der Waals surface area contributed by atoms with E-state index in [1.807, 2.05) is 45.0 Å². The number of benzene rings is 2. The van der Waals surface area contributed by atoms with Crippen LogP contribution in [0, 0.1) is 5.92 Å². The normalized spacial score (nSPS) is 18.3. The number of anilines is 2. The highest BCUT2D eigenvalue weighted by atomic mass is 32.2. The summed E-state index contributed by atoms with van der Waals surface area (Å²) in [6, 6.07) is 10.8. The lowest BCUT2D eigenvalue weighted by Gasteiger charge is -2.40. The summed E-state index contributed by atoms with van der Waals surface area (Å²) in [6.07, 6.45) is 3.52. The first-order chi connectivity index (χ1) is 16.1. The molecule has 0 aromatic heterocycles. The molecule has 1 atom stereocenters. The third-order valence-corrected chi connectivity index (χ3v) is 7.30. The van der Waals surface area contributed by atoms with Crippen LogP contribution in [0.3, 0.4) is 0 Å². The van der Waals surface area contributed by atoms with Gasteiger partial charge < -0.3 is 19.5 Å². The second-order valence-electron chi connectivity index (χ2n) is 10.0. The van der Waals surface area contributed by atoms with Crippen molar-refractivity contribution in [3.05, 3.63) is 36.4 Å². The van der Waals surface area contributed by atoms with E-state index in [4.69, 9.17) is 4.74 Å². The first kappa shape index (κ1) is 24.5. The summed E-state index contributed by atoms with van der Waals surface area (Å²) in [5.74, 6) is 0.0714. The van der Waals surface area contributed by atoms with Gasteiger partial charge >= 0.3 is 6.09 Å². The maximum absolute atomic E-state index is 12.5. The number of ether oxygens (including phenoxy) is 1. The number of hydrogen-bond donors (Lipinski definition) is 1. The molecule has 0 spiro atoms. The van der Waals surface area contributed by atoms with Crippen LogP contribution in [0.15, 0.2) is 36.4 Å². The van der Waals surface area contributed by atoms with Crippen molar-refractivity contribution in [3.8, 4) is 0 Å². The Balaban J connectivity index is 1.56. The van der Waals surface area contributed by atoms with Gasteiger partial charge in [-0.05, 0) is 58.6 Å². The van der Waals surface area contributed by atoms with E-state index < -0.39 is 16.9 Å². The third kappa shape index (κ3) is 5.36. The molecule has 9 heteroatoms. The highest BCUT2D eigenvalue weighted by Crippen LogP contribution is 2.36. The number of hydrogen-bond acceptors (Lipinski definition) is 5. The molecule has 1 aliphatic carbocycles. The maximum Gasteiger partial charge on any atom is 0.410 e. The molecule has 2 aromatic rings. The van der Waals surface area contributed by atoms with Crippen molar-refractivity contribution >= 4 is 45.4 Å². The Labute approximate surface area is 203 Å². The molecule has 0 bridgehead atoms. The molecule has 4 rings (SSSR count). The standard InChI is InChI=1S/C25H33N3O5S/c1-25(2,3)33-24(30)27-15-13-18(14-16-27)28(34(31)32)22-12-11-21(19-9-4-5-10-20(19)22)26-23(29)17-7-6-8-17/h4-5,9-12,17-18H,6-8,13-16H2,1-3H3,(H,26,29)(H,31,32)/p-1. The van der Waals surface area contributed by atoms with Crippen molar-refractivity contribution in [1.29, 1.82) is 0 Å². The van der Waals surface area contributed by atoms with E-state index >= 15 is 0 Å². The van der Waals surface area contributed by atoms with Crippen molar-refractivity contribution in [2.75, 3.05) is 22.7 Å². The Morgan fingerprint density at radius 2 is 1.71 bits per heavy atom. The summed E-state index contributed by atoms with van der Waals surface area (Å²) in [6.45, 7) is 6.30. The number of rotatable bonds is 5. The number of nitrogens with one attached hydrogen (secondary N) is 1. The zero-order chi connectivity index (χ0) is 24.5. The molecule has 34 heavy (non-hydrogen) atoms. The van der Waals surface area contributed by atoms with Gasteiger partial charge in [0.15, 0.2) is 0 Å². The van der Waals surface area contributed by atoms with E-state index in [2.05, 4.69) is 5.32 Å². The van der Waals surface area contributed by atoms with Crippen LogP contribution in [0.4, 0.5) is 16.2 Å². The van der Waals surface area contributed by atoms with Crippen molar-refractivity contribution in [2.24, 2.45) is 5.92 Å². The highest BCUT2D eigenvalue weighted by molar-refractivity contribution is 7.80. The molecule has 0 radical (unpaired) electrons. The lowest BCUT2D eigenvalue weighted by atomic mass is 9.85. The van der Waals surface area contributed by atoms with Crippen LogP contribution in [0.5, 0.6) is 0 Å². The van der Waals surface area contributed by atoms with Crippen LogP contribution in [-0.2, 0) is 20.8 Å². The van der Waals surface area contributed by atoms with Crippen LogP contribution < -0.4 is 9.62 Å². The molecular weight excluding hydrogens is 454 g/mol. The van der Waals surface area contributed by atoms with Gasteiger partial charge in [0.2, 0.25) is 5.91 Å². The number of carbonyl (C=O) groups is 2. The third-order valence-electron chi connectivity index (χ3n) is 6.48. The Kier molecular flexibility index (Phi) is 7.14. The fraction of sp³-hybridized carbons (Fsp3) is 0.520. The number of nitrogens with zero attached hydrogens (tertiary/aromatic N) is 2. The first-order valence-electron chi connectivity index (χ1n) is 11.8. The first-order valence-corrected chi connectivity index (χ1v) is 12.9. The van der Waals surface area contributed by atoms with Gasteiger partial charge in [-0.25, -0.2) is 4.79 Å². The number of likely N-dealkylation sites (tertiary alicyclic amines) is 1. The summed E-state index contributed by atoms with van der Waals surface area (Å²) in [4.78, 5) is 26.6. The van der Waals surface area contributed by atoms with E-state index in [-0.39, 0.29) is 24.0 Å². The van der Waals surface area contributed by atoms with Crippen molar-refractivity contribution in [3.63, 3.8) is 0 Å². The summed E-state index contributed by atoms with van der Waals surface area (Å²) in [5, 5.41) is 4.59. The quantitative estimate of drug-likeness (QED) is 0.624. The number of amides is 2. The molecule has 1 saturated carbocycles. The van der Waals surface area contributed by atoms with Gasteiger partial charge in [-0.2, -0.15) is 0 Å². The molecule has 8 nitrogen and oxygen atoms in total. The summed E-state index contributed by atoms with van der Waals surface area (Å²) in [5.41, 5.74) is 0.680. The van der Waals surface area contributed by atoms with Gasteiger partial charge in [0, 0.05) is 52.8 Å². The second kappa shape index (κ2) is 9.92. The van der Waals surface area contributed by atoms with E-state index in [0.29, 0.717) is 37.3 Å². The average Bonchev–Trinajstić information content (AvgIpc) is 2.73. The lowest BCUT2D eigenvalue weighted by Crippen LogP contribution is -2.48. The zero-order valence-corrected chi connectivity index (χ0v) is 20.7. The summed E-state index contributed by atoms with van der Waals surface area (Å²) in [7, 11) is 0. The van der Waals surface area contributed by atoms with E-state index in [0.717, 1.165) is 30.0 Å². The van der Waals surface area contributed by atoms with E-state index in [1.165, 1.54) is 4.31 Å². The number of carbonyl (C=O) groups excluding carboxylic acids is 2. The molecular formula is C25H32N3O5S-. The zero-order valence-electron chi connectivity index (χ0n) is 19.9. The molecule has 184 valence electrons. The van der Waals surface area contributed by atoms with Crippen LogP contribution in [0.1, 0.15) is 52.9 Å². The second-order valence-corrected chi connectivity index (χ2v) is 10.9. The predicted molar refractivity (Wildman–Crippen MR) is 132 cm³/mol. The minimum Gasteiger partial charge on any atom is -0.755 e. The number of piperidine rings is 1. The Bertz CT molecular complexity index is 1090. The number of fused-ring (bicyclic) bond motifs is 1. The van der Waals surface area contributed by atoms with Crippen LogP contribution in [-0.4, -0.2) is 50.4 Å². The molecule has 1 N–H and O–H groups in total. The predicted octanol–water partition coefficient (Wildman–Crippen LogP) is 4.58. The van der Waals surface area contributed by atoms with E-state index in [1.54, 1.807) is 17.0 Å². The molecule has 2 fully saturated rings. The Morgan fingerprint density at radius 1 is 1.06 bits per heavy atom. The summed E-state index contributed by atoms with van der Waals surface area (Å²) < 4.78 is 31.7. The van der Waals surface area contributed by atoms with Gasteiger partial charge in [0.05, 0.1) is 5.69 Å². The SMILES string of the molecule is CC(C)(C)OC(=O)N1CCC(N(c2ccc(NC(=O)C3CCC3)c3ccccc23)S(=O)[O-])CC1. The average molecular weight is 487 g/mol. The summed E-state index contributed by atoms with van der Waals surface area (Å²) >= 11 is -2.50. The highest BCUT2D eigenvalue weighted by Gasteiger charge is 2.31. The molecule has 2 amide bonds. The van der Waals surface area contributed by atoms with Gasteiger partial charge in [-0.1, -0.05) is 30.7 Å². The minimum atomic E-state index is -2.50. The van der Waals surface area contributed by atoms with Gasteiger partial charge in [0.25, 0.3) is 0 Å². The molecule has 1 unspecified atom stereocenters. The minimum absolute atomic E-state index is 0.0166. The largest absolute Gasteiger partial charge is 0.755 e. The fourth-order valence-electron chi connectivity index (χ4n) is 4.50. The molecule has 1 aliphatic heterocycles. The lowest BCUT2D eigenvalue weighted by molar-refractivity contribution is -0.122. The van der Waals surface area contributed by atoms with Crippen molar-refractivity contribution in [1.82, 2.24) is 4.90 Å². The van der Waals surface area contributed by atoms with E-state index in [9.17, 15) is 18.4 Å². The van der Waals surface area contributed by atoms with Crippen molar-refractivity contribution < 1.29 is 23.1 Å². The Hall–Kier alpha value is -2.65. The van der Waals surface area contributed by atoms with Crippen LogP contribution in [0.25, 0.3) is 10.8 Å². The van der Waals surface area contributed by atoms with Gasteiger partial charge in [-0.15, -0.1) is 0 Å². The molecule has 2 aromatic carbocycles. The maximum atomic E-state index is 12.5. The van der Waals surface area contributed by atoms with Gasteiger partial charge in [0.1, 0.15) is 5.60 Å². The molecule has 1 saturated heterocycles. The smallest absolute Gasteiger partial charge is 0.410 e. The van der Waals surface area contributed by atoms with Crippen LogP contribution >= 0.6 is 0 Å². The molecule has 1 heterocycles. The monoisotopic (exact) mass is 486 g/mol. The topological polar surface area (TPSA) is 102 Å².